The summed E-state index contributed by atoms with van der Waals surface area (Å²) in [5.74, 6) is 0.287. The van der Waals surface area contributed by atoms with Crippen molar-refractivity contribution in [1.29, 1.82) is 0 Å². The summed E-state index contributed by atoms with van der Waals surface area (Å²) in [6.07, 6.45) is 0. The highest BCUT2D eigenvalue weighted by atomic mass is 35.5. The van der Waals surface area contributed by atoms with Crippen molar-refractivity contribution in [3.05, 3.63) is 24.3 Å². The summed E-state index contributed by atoms with van der Waals surface area (Å²) in [5.41, 5.74) is -5.25. The molecule has 0 aliphatic carbocycles. The molecule has 108 valence electrons. The van der Waals surface area contributed by atoms with Crippen molar-refractivity contribution >= 4 is 27.1 Å². The number of halogens is 4. The van der Waals surface area contributed by atoms with Gasteiger partial charge in [-0.15, -0.1) is 11.6 Å². The first-order valence-corrected chi connectivity index (χ1v) is 7.27. The van der Waals surface area contributed by atoms with E-state index in [0.717, 1.165) is 12.1 Å². The number of nitrogens with one attached hydrogen (secondary N) is 1. The van der Waals surface area contributed by atoms with Crippen LogP contribution in [0.15, 0.2) is 29.2 Å². The van der Waals surface area contributed by atoms with Gasteiger partial charge in [-0.25, -0.2) is 8.42 Å². The second kappa shape index (κ2) is 5.20. The molecule has 1 rings (SSSR count). The zero-order chi connectivity index (χ0) is 14.9. The Kier molecular flexibility index (Phi) is 4.41. The van der Waals surface area contributed by atoms with Crippen LogP contribution in [-0.4, -0.2) is 25.3 Å². The van der Waals surface area contributed by atoms with Crippen LogP contribution in [-0.2, 0) is 9.84 Å². The minimum Gasteiger partial charge on any atom is -0.379 e. The first-order chi connectivity index (χ1) is 8.49. The third-order valence-corrected chi connectivity index (χ3v) is 4.46. The predicted octanol–water partition coefficient (Wildman–Crippen LogP) is 3.41. The summed E-state index contributed by atoms with van der Waals surface area (Å²) in [6.45, 7) is 3.61. The molecule has 0 amide bonds. The maximum absolute atomic E-state index is 12.3. The van der Waals surface area contributed by atoms with E-state index in [0.29, 0.717) is 5.69 Å². The molecular weight excluding hydrogens is 303 g/mol. The van der Waals surface area contributed by atoms with Crippen LogP contribution in [0.4, 0.5) is 18.9 Å². The van der Waals surface area contributed by atoms with Crippen LogP contribution in [0.3, 0.4) is 0 Å². The number of hydrogen-bond acceptors (Lipinski definition) is 3. The zero-order valence-corrected chi connectivity index (χ0v) is 11.8. The molecule has 0 heterocycles. The van der Waals surface area contributed by atoms with Gasteiger partial charge in [0.1, 0.15) is 0 Å². The van der Waals surface area contributed by atoms with Crippen LogP contribution in [0.25, 0.3) is 0 Å². The third-order valence-electron chi connectivity index (χ3n) is 2.29. The Balaban J connectivity index is 3.02. The van der Waals surface area contributed by atoms with Gasteiger partial charge in [-0.05, 0) is 38.1 Å². The van der Waals surface area contributed by atoms with Crippen molar-refractivity contribution in [3.63, 3.8) is 0 Å². The minimum absolute atomic E-state index is 0.287. The highest BCUT2D eigenvalue weighted by Crippen LogP contribution is 2.31. The van der Waals surface area contributed by atoms with Crippen molar-refractivity contribution in [1.82, 2.24) is 0 Å². The van der Waals surface area contributed by atoms with E-state index in [4.69, 9.17) is 11.6 Å². The Morgan fingerprint density at radius 3 is 2.00 bits per heavy atom. The van der Waals surface area contributed by atoms with E-state index in [1.165, 1.54) is 12.1 Å². The standard InChI is InChI=1S/C11H13ClF3NO2S/c1-10(2,7-12)16-8-3-5-9(6-4-8)19(17,18)11(13,14)15/h3-6,16H,7H2,1-2H3. The first-order valence-electron chi connectivity index (χ1n) is 5.25. The molecule has 0 bridgehead atoms. The smallest absolute Gasteiger partial charge is 0.379 e. The fourth-order valence-electron chi connectivity index (χ4n) is 1.28. The van der Waals surface area contributed by atoms with E-state index in [2.05, 4.69) is 5.32 Å². The van der Waals surface area contributed by atoms with Crippen LogP contribution >= 0.6 is 11.6 Å². The molecule has 0 unspecified atom stereocenters. The molecule has 0 spiro atoms. The summed E-state index contributed by atoms with van der Waals surface area (Å²) < 4.78 is 59.3. The van der Waals surface area contributed by atoms with E-state index in [1.807, 2.05) is 0 Å². The van der Waals surface area contributed by atoms with Crippen molar-refractivity contribution < 1.29 is 21.6 Å². The molecule has 0 aliphatic heterocycles. The van der Waals surface area contributed by atoms with Gasteiger partial charge in [0.05, 0.1) is 4.90 Å². The number of rotatable bonds is 4. The Labute approximate surface area is 114 Å². The van der Waals surface area contributed by atoms with Crippen LogP contribution < -0.4 is 5.32 Å². The fourth-order valence-corrected chi connectivity index (χ4v) is 2.10. The molecule has 0 aliphatic rings. The van der Waals surface area contributed by atoms with Gasteiger partial charge in [0.15, 0.2) is 0 Å². The molecular formula is C11H13ClF3NO2S. The molecule has 0 saturated heterocycles. The summed E-state index contributed by atoms with van der Waals surface area (Å²) in [4.78, 5) is -0.783. The summed E-state index contributed by atoms with van der Waals surface area (Å²) >= 11 is 5.70. The lowest BCUT2D eigenvalue weighted by molar-refractivity contribution is -0.0436. The summed E-state index contributed by atoms with van der Waals surface area (Å²) in [7, 11) is -5.30. The normalized spacial score (nSPS) is 13.4. The zero-order valence-electron chi connectivity index (χ0n) is 10.3. The molecule has 0 radical (unpaired) electrons. The number of hydrogen-bond donors (Lipinski definition) is 1. The third kappa shape index (κ3) is 3.76. The van der Waals surface area contributed by atoms with Gasteiger partial charge in [0, 0.05) is 17.1 Å². The van der Waals surface area contributed by atoms with E-state index in [9.17, 15) is 21.6 Å². The maximum atomic E-state index is 12.3. The number of benzene rings is 1. The van der Waals surface area contributed by atoms with Gasteiger partial charge in [-0.2, -0.15) is 13.2 Å². The van der Waals surface area contributed by atoms with E-state index in [1.54, 1.807) is 13.8 Å². The molecule has 1 aromatic carbocycles. The average molecular weight is 316 g/mol. The second-order valence-electron chi connectivity index (χ2n) is 4.62. The molecule has 0 saturated carbocycles. The maximum Gasteiger partial charge on any atom is 0.501 e. The quantitative estimate of drug-likeness (QED) is 0.866. The lowest BCUT2D eigenvalue weighted by atomic mass is 10.1. The predicted molar refractivity (Wildman–Crippen MR) is 68.1 cm³/mol. The van der Waals surface area contributed by atoms with Crippen LogP contribution in [0.2, 0.25) is 0 Å². The van der Waals surface area contributed by atoms with E-state index >= 15 is 0 Å². The molecule has 1 aromatic rings. The molecule has 0 fully saturated rings. The van der Waals surface area contributed by atoms with Gasteiger partial charge in [0.25, 0.3) is 9.84 Å². The Bertz CT molecular complexity index is 538. The number of anilines is 1. The van der Waals surface area contributed by atoms with Crippen LogP contribution in [0.5, 0.6) is 0 Å². The van der Waals surface area contributed by atoms with Crippen molar-refractivity contribution in [2.45, 2.75) is 29.8 Å². The topological polar surface area (TPSA) is 46.2 Å². The van der Waals surface area contributed by atoms with E-state index in [-0.39, 0.29) is 5.88 Å². The highest BCUT2D eigenvalue weighted by molar-refractivity contribution is 7.92. The summed E-state index contributed by atoms with van der Waals surface area (Å²) in [5, 5.41) is 2.98. The molecule has 8 heteroatoms. The molecule has 3 nitrogen and oxygen atoms in total. The average Bonchev–Trinajstić information content (AvgIpc) is 2.28. The first kappa shape index (κ1) is 16.1. The Hall–Kier alpha value is -0.950. The van der Waals surface area contributed by atoms with Gasteiger partial charge < -0.3 is 5.32 Å². The van der Waals surface area contributed by atoms with E-state index < -0.39 is 25.8 Å². The molecule has 0 atom stereocenters. The van der Waals surface area contributed by atoms with Gasteiger partial charge in [0.2, 0.25) is 0 Å². The molecule has 0 aromatic heterocycles. The number of alkyl halides is 4. The minimum atomic E-state index is -5.30. The largest absolute Gasteiger partial charge is 0.501 e. The Morgan fingerprint density at radius 2 is 1.63 bits per heavy atom. The highest BCUT2D eigenvalue weighted by Gasteiger charge is 2.46. The van der Waals surface area contributed by atoms with Gasteiger partial charge in [-0.1, -0.05) is 0 Å². The van der Waals surface area contributed by atoms with Crippen molar-refractivity contribution in [2.24, 2.45) is 0 Å². The fraction of sp³-hybridized carbons (Fsp3) is 0.455. The molecule has 19 heavy (non-hydrogen) atoms. The van der Waals surface area contributed by atoms with Crippen LogP contribution in [0.1, 0.15) is 13.8 Å². The van der Waals surface area contributed by atoms with Gasteiger partial charge in [-0.3, -0.25) is 0 Å². The second-order valence-corrected chi connectivity index (χ2v) is 6.82. The number of sulfone groups is 1. The van der Waals surface area contributed by atoms with Crippen LogP contribution in [0, 0.1) is 0 Å². The Morgan fingerprint density at radius 1 is 1.16 bits per heavy atom. The van der Waals surface area contributed by atoms with Gasteiger partial charge >= 0.3 is 5.51 Å². The molecule has 1 N–H and O–H groups in total. The van der Waals surface area contributed by atoms with Crippen molar-refractivity contribution in [3.8, 4) is 0 Å². The SMILES string of the molecule is CC(C)(CCl)Nc1ccc(S(=O)(=O)C(F)(F)F)cc1. The monoisotopic (exact) mass is 315 g/mol. The van der Waals surface area contributed by atoms with Crippen molar-refractivity contribution in [2.75, 3.05) is 11.2 Å². The lowest BCUT2D eigenvalue weighted by Gasteiger charge is -2.24. The summed E-state index contributed by atoms with van der Waals surface area (Å²) in [6, 6.07) is 4.37. The lowest BCUT2D eigenvalue weighted by Crippen LogP contribution is -2.32.